The predicted molar refractivity (Wildman–Crippen MR) is 78.7 cm³/mol. The fraction of sp³-hybridized carbons (Fsp3) is 0.250. The van der Waals surface area contributed by atoms with Gasteiger partial charge in [0.15, 0.2) is 0 Å². The monoisotopic (exact) mass is 287 g/mol. The molecule has 0 aliphatic heterocycles. The van der Waals surface area contributed by atoms with Crippen molar-refractivity contribution in [2.45, 2.75) is 20.3 Å². The second kappa shape index (κ2) is 6.26. The third-order valence-electron chi connectivity index (χ3n) is 3.18. The molecular weight excluding hydrogens is 270 g/mol. The van der Waals surface area contributed by atoms with Crippen LogP contribution in [-0.4, -0.2) is 22.7 Å². The van der Waals surface area contributed by atoms with Gasteiger partial charge in [0.25, 0.3) is 5.56 Å². The van der Waals surface area contributed by atoms with Gasteiger partial charge in [-0.1, -0.05) is 30.3 Å². The van der Waals surface area contributed by atoms with Crippen molar-refractivity contribution in [1.82, 2.24) is 4.98 Å². The number of benzene rings is 1. The summed E-state index contributed by atoms with van der Waals surface area (Å²) in [6.07, 6.45) is 0.245. The number of hydrogen-bond donors (Lipinski definition) is 2. The maximum absolute atomic E-state index is 12.0. The quantitative estimate of drug-likeness (QED) is 0.844. The lowest BCUT2D eigenvalue weighted by atomic mass is 10.0. The van der Waals surface area contributed by atoms with Crippen molar-refractivity contribution in [2.24, 2.45) is 0 Å². The Kier molecular flexibility index (Phi) is 4.42. The summed E-state index contributed by atoms with van der Waals surface area (Å²) < 4.78 is 4.91. The molecule has 0 unspecified atom stereocenters. The van der Waals surface area contributed by atoms with Crippen molar-refractivity contribution in [3.8, 4) is 5.75 Å². The Labute approximate surface area is 122 Å². The number of nitrogens with one attached hydrogen (secondary N) is 1. The lowest BCUT2D eigenvalue weighted by Crippen LogP contribution is -2.19. The van der Waals surface area contributed by atoms with E-state index >= 15 is 0 Å². The number of aryl methyl sites for hydroxylation is 1. The number of H-pyrrole nitrogens is 1. The summed E-state index contributed by atoms with van der Waals surface area (Å²) in [6, 6.07) is 9.26. The average Bonchev–Trinajstić information content (AvgIpc) is 2.44. The molecule has 1 heterocycles. The van der Waals surface area contributed by atoms with Gasteiger partial charge in [0.2, 0.25) is 0 Å². The van der Waals surface area contributed by atoms with Crippen molar-refractivity contribution >= 4 is 5.97 Å². The molecule has 1 aromatic carbocycles. The lowest BCUT2D eigenvalue weighted by Gasteiger charge is -2.11. The molecule has 0 aliphatic rings. The van der Waals surface area contributed by atoms with Crippen molar-refractivity contribution in [3.05, 3.63) is 63.1 Å². The summed E-state index contributed by atoms with van der Waals surface area (Å²) in [5, 5.41) is 10.3. The highest BCUT2D eigenvalue weighted by Gasteiger charge is 2.21. The van der Waals surface area contributed by atoms with E-state index in [9.17, 15) is 14.7 Å². The Morgan fingerprint density at radius 1 is 1.29 bits per heavy atom. The van der Waals surface area contributed by atoms with Crippen LogP contribution in [0.3, 0.4) is 0 Å². The maximum atomic E-state index is 12.0. The van der Waals surface area contributed by atoms with Crippen LogP contribution in [-0.2, 0) is 11.2 Å². The second-order valence-electron chi connectivity index (χ2n) is 4.66. The molecule has 5 nitrogen and oxygen atoms in total. The molecule has 21 heavy (non-hydrogen) atoms. The fourth-order valence-corrected chi connectivity index (χ4v) is 2.16. The number of hydrogen-bond acceptors (Lipinski definition) is 4. The van der Waals surface area contributed by atoms with Crippen LogP contribution in [0, 0.1) is 6.92 Å². The molecule has 2 aromatic rings. The van der Waals surface area contributed by atoms with Crippen LogP contribution in [0.4, 0.5) is 0 Å². The molecule has 5 heteroatoms. The first kappa shape index (κ1) is 14.8. The molecule has 1 aromatic heterocycles. The zero-order valence-corrected chi connectivity index (χ0v) is 12.0. The highest BCUT2D eigenvalue weighted by Crippen LogP contribution is 2.24. The van der Waals surface area contributed by atoms with Gasteiger partial charge in [0.05, 0.1) is 12.2 Å². The van der Waals surface area contributed by atoms with E-state index in [1.54, 1.807) is 13.8 Å². The molecule has 0 bridgehead atoms. The van der Waals surface area contributed by atoms with Gasteiger partial charge in [0.1, 0.15) is 11.3 Å². The lowest BCUT2D eigenvalue weighted by molar-refractivity contribution is 0.0521. The smallest absolute Gasteiger partial charge is 0.343 e. The zero-order valence-electron chi connectivity index (χ0n) is 12.0. The first-order chi connectivity index (χ1) is 10.0. The van der Waals surface area contributed by atoms with Gasteiger partial charge in [-0.05, 0) is 19.4 Å². The van der Waals surface area contributed by atoms with E-state index in [1.165, 1.54) is 0 Å². The molecule has 0 fully saturated rings. The number of carbonyl (C=O) groups excluding carboxylic acids is 1. The number of aromatic amines is 1. The summed E-state index contributed by atoms with van der Waals surface area (Å²) in [4.78, 5) is 26.5. The topological polar surface area (TPSA) is 79.4 Å². The summed E-state index contributed by atoms with van der Waals surface area (Å²) in [5.74, 6) is -0.948. The minimum Gasteiger partial charge on any atom is -0.506 e. The second-order valence-corrected chi connectivity index (χ2v) is 4.66. The van der Waals surface area contributed by atoms with Crippen molar-refractivity contribution in [1.29, 1.82) is 0 Å². The Morgan fingerprint density at radius 3 is 2.57 bits per heavy atom. The largest absolute Gasteiger partial charge is 0.506 e. The van der Waals surface area contributed by atoms with Crippen LogP contribution in [0.1, 0.15) is 34.1 Å². The van der Waals surface area contributed by atoms with Gasteiger partial charge in [-0.15, -0.1) is 0 Å². The number of ether oxygens (including phenoxy) is 1. The van der Waals surface area contributed by atoms with E-state index in [1.807, 2.05) is 30.3 Å². The molecule has 2 N–H and O–H groups in total. The Morgan fingerprint density at radius 2 is 1.95 bits per heavy atom. The van der Waals surface area contributed by atoms with Crippen molar-refractivity contribution < 1.29 is 14.6 Å². The van der Waals surface area contributed by atoms with Crippen LogP contribution in [0.25, 0.3) is 0 Å². The molecule has 110 valence electrons. The molecular formula is C16H17NO4. The van der Waals surface area contributed by atoms with Gasteiger partial charge >= 0.3 is 5.97 Å². The van der Waals surface area contributed by atoms with E-state index in [2.05, 4.69) is 4.98 Å². The van der Waals surface area contributed by atoms with Gasteiger partial charge in [0, 0.05) is 12.1 Å². The molecule has 0 spiro atoms. The van der Waals surface area contributed by atoms with Crippen LogP contribution >= 0.6 is 0 Å². The summed E-state index contributed by atoms with van der Waals surface area (Å²) in [6.45, 7) is 3.44. The third-order valence-corrected chi connectivity index (χ3v) is 3.18. The van der Waals surface area contributed by atoms with E-state index in [-0.39, 0.29) is 29.9 Å². The minimum absolute atomic E-state index is 0.0161. The number of rotatable bonds is 4. The van der Waals surface area contributed by atoms with Crippen molar-refractivity contribution in [2.75, 3.05) is 6.61 Å². The molecule has 0 radical (unpaired) electrons. The van der Waals surface area contributed by atoms with Crippen LogP contribution in [0.15, 0.2) is 35.1 Å². The first-order valence-electron chi connectivity index (χ1n) is 6.70. The standard InChI is InChI=1S/C16H17NO4/c1-3-21-16(20)13-10(2)17-15(19)12(14(13)18)9-11-7-5-4-6-8-11/h4-8H,3,9H2,1-2H3,(H2,17,18,19). The molecule has 2 rings (SSSR count). The minimum atomic E-state index is -0.641. The predicted octanol–water partition coefficient (Wildman–Crippen LogP) is 2.16. The number of aromatic nitrogens is 1. The summed E-state index contributed by atoms with van der Waals surface area (Å²) in [7, 11) is 0. The van der Waals surface area contributed by atoms with Crippen molar-refractivity contribution in [3.63, 3.8) is 0 Å². The van der Waals surface area contributed by atoms with Gasteiger partial charge in [-0.2, -0.15) is 0 Å². The third kappa shape index (κ3) is 3.13. The number of pyridine rings is 1. The van der Waals surface area contributed by atoms with Gasteiger partial charge < -0.3 is 14.8 Å². The SMILES string of the molecule is CCOC(=O)c1c(C)[nH]c(=O)c(Cc2ccccc2)c1O. The average molecular weight is 287 g/mol. The number of aromatic hydroxyl groups is 1. The highest BCUT2D eigenvalue weighted by molar-refractivity contribution is 5.94. The van der Waals surface area contributed by atoms with Crippen LogP contribution in [0.5, 0.6) is 5.75 Å². The van der Waals surface area contributed by atoms with E-state index in [0.717, 1.165) is 5.56 Å². The molecule has 0 saturated heterocycles. The Bertz CT molecular complexity index is 704. The van der Waals surface area contributed by atoms with Crippen LogP contribution < -0.4 is 5.56 Å². The van der Waals surface area contributed by atoms with Crippen LogP contribution in [0.2, 0.25) is 0 Å². The number of carbonyl (C=O) groups is 1. The molecule has 0 aliphatic carbocycles. The zero-order chi connectivity index (χ0) is 15.4. The molecule has 0 atom stereocenters. The first-order valence-corrected chi connectivity index (χ1v) is 6.70. The fourth-order valence-electron chi connectivity index (χ4n) is 2.16. The normalized spacial score (nSPS) is 10.4. The molecule has 0 amide bonds. The van der Waals surface area contributed by atoms with Gasteiger partial charge in [-0.3, -0.25) is 4.79 Å². The maximum Gasteiger partial charge on any atom is 0.343 e. The highest BCUT2D eigenvalue weighted by atomic mass is 16.5. The van der Waals surface area contributed by atoms with Gasteiger partial charge in [-0.25, -0.2) is 4.79 Å². The number of esters is 1. The molecule has 0 saturated carbocycles. The Hall–Kier alpha value is -2.56. The summed E-state index contributed by atoms with van der Waals surface area (Å²) >= 11 is 0. The summed E-state index contributed by atoms with van der Waals surface area (Å²) in [5.41, 5.74) is 0.948. The van der Waals surface area contributed by atoms with E-state index < -0.39 is 11.5 Å². The van der Waals surface area contributed by atoms with E-state index in [4.69, 9.17) is 4.74 Å². The van der Waals surface area contributed by atoms with E-state index in [0.29, 0.717) is 5.69 Å². The Balaban J connectivity index is 2.49.